The Bertz CT molecular complexity index is 742. The van der Waals surface area contributed by atoms with Gasteiger partial charge in [0, 0.05) is 18.2 Å². The zero-order valence-electron chi connectivity index (χ0n) is 10.9. The zero-order valence-corrected chi connectivity index (χ0v) is 11.7. The van der Waals surface area contributed by atoms with Gasteiger partial charge in [0.2, 0.25) is 5.91 Å². The van der Waals surface area contributed by atoms with Crippen LogP contribution in [-0.2, 0) is 7.05 Å². The highest BCUT2D eigenvalue weighted by atomic mass is 32.1. The van der Waals surface area contributed by atoms with Crippen LogP contribution < -0.4 is 5.73 Å². The highest BCUT2D eigenvalue weighted by Gasteiger charge is 2.10. The van der Waals surface area contributed by atoms with Crippen molar-refractivity contribution in [2.24, 2.45) is 12.8 Å². The van der Waals surface area contributed by atoms with Crippen molar-refractivity contribution in [2.45, 2.75) is 0 Å². The van der Waals surface area contributed by atoms with Gasteiger partial charge in [0.1, 0.15) is 0 Å². The summed E-state index contributed by atoms with van der Waals surface area (Å²) < 4.78 is 1.86. The van der Waals surface area contributed by atoms with Gasteiger partial charge in [0.25, 0.3) is 0 Å². The molecule has 20 heavy (non-hydrogen) atoms. The molecular formula is C15H13N3OS. The number of primary amides is 1. The van der Waals surface area contributed by atoms with Crippen molar-refractivity contribution in [2.75, 3.05) is 0 Å². The van der Waals surface area contributed by atoms with Gasteiger partial charge in [0.05, 0.1) is 16.3 Å². The number of hydrogen-bond donors (Lipinski definition) is 1. The van der Waals surface area contributed by atoms with E-state index in [2.05, 4.69) is 11.2 Å². The van der Waals surface area contributed by atoms with E-state index < -0.39 is 5.91 Å². The fourth-order valence-electron chi connectivity index (χ4n) is 2.07. The van der Waals surface area contributed by atoms with Crippen molar-refractivity contribution < 1.29 is 4.79 Å². The fourth-order valence-corrected chi connectivity index (χ4v) is 2.84. The van der Waals surface area contributed by atoms with Gasteiger partial charge in [-0.15, -0.1) is 11.3 Å². The molecule has 0 fully saturated rings. The maximum absolute atomic E-state index is 11.1. The molecule has 0 saturated heterocycles. The molecule has 2 heterocycles. The van der Waals surface area contributed by atoms with E-state index in [9.17, 15) is 4.79 Å². The summed E-state index contributed by atoms with van der Waals surface area (Å²) >= 11 is 1.68. The van der Waals surface area contributed by atoms with E-state index in [1.165, 1.54) is 4.88 Å². The molecule has 1 aromatic carbocycles. The van der Waals surface area contributed by atoms with E-state index in [4.69, 9.17) is 5.73 Å². The number of aromatic nitrogens is 2. The quantitative estimate of drug-likeness (QED) is 0.803. The van der Waals surface area contributed by atoms with Crippen LogP contribution in [-0.4, -0.2) is 15.7 Å². The second-order valence-corrected chi connectivity index (χ2v) is 5.41. The maximum Gasteiger partial charge on any atom is 0.248 e. The van der Waals surface area contributed by atoms with Crippen molar-refractivity contribution in [1.82, 2.24) is 9.78 Å². The molecule has 0 spiro atoms. The van der Waals surface area contributed by atoms with Gasteiger partial charge >= 0.3 is 0 Å². The van der Waals surface area contributed by atoms with Gasteiger partial charge in [-0.3, -0.25) is 9.48 Å². The molecule has 5 heteroatoms. The van der Waals surface area contributed by atoms with Crippen LogP contribution in [0.5, 0.6) is 0 Å². The average Bonchev–Trinajstić information content (AvgIpc) is 3.07. The molecule has 0 bridgehead atoms. The second kappa shape index (κ2) is 4.94. The summed E-state index contributed by atoms with van der Waals surface area (Å²) in [6, 6.07) is 13.3. The third-order valence-corrected chi connectivity index (χ3v) is 4.01. The lowest BCUT2D eigenvalue weighted by molar-refractivity contribution is 0.100. The number of carbonyl (C=O) groups is 1. The summed E-state index contributed by atoms with van der Waals surface area (Å²) in [4.78, 5) is 12.2. The first kappa shape index (κ1) is 12.6. The molecule has 0 unspecified atom stereocenters. The zero-order chi connectivity index (χ0) is 14.1. The molecule has 0 atom stereocenters. The van der Waals surface area contributed by atoms with Crippen LogP contribution in [0, 0.1) is 0 Å². The first-order valence-electron chi connectivity index (χ1n) is 6.13. The number of hydrogen-bond acceptors (Lipinski definition) is 3. The Hall–Kier alpha value is -2.40. The molecule has 0 saturated carbocycles. The van der Waals surface area contributed by atoms with Crippen LogP contribution in [0.2, 0.25) is 0 Å². The van der Waals surface area contributed by atoms with Crippen molar-refractivity contribution in [3.8, 4) is 21.8 Å². The van der Waals surface area contributed by atoms with Gasteiger partial charge in [0.15, 0.2) is 0 Å². The number of nitrogens with zero attached hydrogens (tertiary/aromatic N) is 2. The Morgan fingerprint density at radius 3 is 2.60 bits per heavy atom. The van der Waals surface area contributed by atoms with E-state index in [-0.39, 0.29) is 0 Å². The summed E-state index contributed by atoms with van der Waals surface area (Å²) in [5, 5.41) is 6.56. The highest BCUT2D eigenvalue weighted by molar-refractivity contribution is 7.13. The van der Waals surface area contributed by atoms with E-state index in [0.717, 1.165) is 17.0 Å². The van der Waals surface area contributed by atoms with Crippen molar-refractivity contribution >= 4 is 17.2 Å². The lowest BCUT2D eigenvalue weighted by Crippen LogP contribution is -2.10. The molecule has 0 aliphatic carbocycles. The Balaban J connectivity index is 1.99. The number of carbonyl (C=O) groups excluding carboxylic acids is 1. The molecule has 2 aromatic heterocycles. The Morgan fingerprint density at radius 2 is 2.00 bits per heavy atom. The molecule has 3 aromatic rings. The lowest BCUT2D eigenvalue weighted by Gasteiger charge is -1.98. The van der Waals surface area contributed by atoms with Crippen LogP contribution in [0.4, 0.5) is 0 Å². The number of aryl methyl sites for hydroxylation is 1. The summed E-state index contributed by atoms with van der Waals surface area (Å²) in [5.41, 5.74) is 8.67. The number of nitrogens with two attached hydrogens (primary N) is 1. The van der Waals surface area contributed by atoms with Crippen molar-refractivity contribution in [1.29, 1.82) is 0 Å². The minimum atomic E-state index is -0.420. The molecule has 3 rings (SSSR count). The minimum absolute atomic E-state index is 0.420. The first-order chi connectivity index (χ1) is 9.65. The summed E-state index contributed by atoms with van der Waals surface area (Å²) in [5.74, 6) is -0.420. The van der Waals surface area contributed by atoms with Crippen LogP contribution in [0.15, 0.2) is 47.8 Å². The third kappa shape index (κ3) is 2.23. The van der Waals surface area contributed by atoms with Gasteiger partial charge in [-0.05, 0) is 29.6 Å². The molecular weight excluding hydrogens is 270 g/mol. The summed E-state index contributed by atoms with van der Waals surface area (Å²) in [7, 11) is 1.93. The van der Waals surface area contributed by atoms with Gasteiger partial charge < -0.3 is 5.73 Å². The molecule has 0 aliphatic heterocycles. The summed E-state index contributed by atoms with van der Waals surface area (Å²) in [6.07, 6.45) is 0. The topological polar surface area (TPSA) is 60.9 Å². The molecule has 2 N–H and O–H groups in total. The number of benzene rings is 1. The largest absolute Gasteiger partial charge is 0.366 e. The Labute approximate surface area is 120 Å². The van der Waals surface area contributed by atoms with Gasteiger partial charge in [-0.1, -0.05) is 18.2 Å². The number of rotatable bonds is 3. The Morgan fingerprint density at radius 1 is 1.25 bits per heavy atom. The summed E-state index contributed by atoms with van der Waals surface area (Å²) in [6.45, 7) is 0. The van der Waals surface area contributed by atoms with Crippen LogP contribution in [0.1, 0.15) is 10.4 Å². The molecule has 100 valence electrons. The molecule has 1 amide bonds. The SMILES string of the molecule is Cn1nc(-c2ccc(C(N)=O)cc2)cc1-c1cccs1. The van der Waals surface area contributed by atoms with E-state index in [0.29, 0.717) is 5.56 Å². The number of thiophene rings is 1. The van der Waals surface area contributed by atoms with Gasteiger partial charge in [-0.2, -0.15) is 5.10 Å². The molecule has 4 nitrogen and oxygen atoms in total. The smallest absolute Gasteiger partial charge is 0.248 e. The van der Waals surface area contributed by atoms with Crippen LogP contribution >= 0.6 is 11.3 Å². The predicted molar refractivity (Wildman–Crippen MR) is 80.5 cm³/mol. The molecule has 0 radical (unpaired) electrons. The minimum Gasteiger partial charge on any atom is -0.366 e. The van der Waals surface area contributed by atoms with E-state index in [1.807, 2.05) is 41.4 Å². The molecule has 0 aliphatic rings. The lowest BCUT2D eigenvalue weighted by atomic mass is 10.1. The number of amides is 1. The van der Waals surface area contributed by atoms with E-state index in [1.54, 1.807) is 23.5 Å². The maximum atomic E-state index is 11.1. The van der Waals surface area contributed by atoms with Crippen LogP contribution in [0.25, 0.3) is 21.8 Å². The van der Waals surface area contributed by atoms with Crippen molar-refractivity contribution in [3.05, 3.63) is 53.4 Å². The predicted octanol–water partition coefficient (Wildman–Crippen LogP) is 2.91. The normalized spacial score (nSPS) is 10.7. The third-order valence-electron chi connectivity index (χ3n) is 3.12. The van der Waals surface area contributed by atoms with Crippen LogP contribution in [0.3, 0.4) is 0 Å². The fraction of sp³-hybridized carbons (Fsp3) is 0.0667. The monoisotopic (exact) mass is 283 g/mol. The van der Waals surface area contributed by atoms with Gasteiger partial charge in [-0.25, -0.2) is 0 Å². The second-order valence-electron chi connectivity index (χ2n) is 4.46. The van der Waals surface area contributed by atoms with E-state index >= 15 is 0 Å². The highest BCUT2D eigenvalue weighted by Crippen LogP contribution is 2.28. The average molecular weight is 283 g/mol. The van der Waals surface area contributed by atoms with Crippen molar-refractivity contribution in [3.63, 3.8) is 0 Å². The standard InChI is InChI=1S/C15H13N3OS/c1-18-13(14-3-2-8-20-14)9-12(17-18)10-4-6-11(7-5-10)15(16)19/h2-9H,1H3,(H2,16,19). The first-order valence-corrected chi connectivity index (χ1v) is 7.01. The Kier molecular flexibility index (Phi) is 3.12.